The average Bonchev–Trinajstić information content (AvgIpc) is 2.46. The number of nitrogens with two attached hydrogens (primary N) is 1. The van der Waals surface area contributed by atoms with Crippen LogP contribution in [0.3, 0.4) is 0 Å². The van der Waals surface area contributed by atoms with Crippen LogP contribution in [0.1, 0.15) is 6.42 Å². The molecule has 60 valence electrons. The van der Waals surface area contributed by atoms with E-state index in [-0.39, 0.29) is 12.1 Å². The molecular weight excluding hydrogens is 154 g/mol. The van der Waals surface area contributed by atoms with Gasteiger partial charge in [-0.2, -0.15) is 13.1 Å². The number of hydrogen-bond acceptors (Lipinski definition) is 3. The molecule has 0 aliphatic heterocycles. The summed E-state index contributed by atoms with van der Waals surface area (Å²) in [5, 5.41) is 0. The molecule has 0 bridgehead atoms. The molecule has 1 aliphatic rings. The first-order valence-corrected chi connectivity index (χ1v) is 4.50. The highest BCUT2D eigenvalue weighted by atomic mass is 32.2. The fraction of sp³-hybridized carbons (Fsp3) is 1.00. The molecule has 5 nitrogen and oxygen atoms in total. The van der Waals surface area contributed by atoms with Crippen LogP contribution in [0.5, 0.6) is 0 Å². The smallest absolute Gasteiger partial charge is 0.276 e. The summed E-state index contributed by atoms with van der Waals surface area (Å²) in [6.07, 6.45) is 0.737. The van der Waals surface area contributed by atoms with Gasteiger partial charge >= 0.3 is 0 Å². The first-order chi connectivity index (χ1) is 4.55. The van der Waals surface area contributed by atoms with E-state index in [1.807, 2.05) is 0 Å². The second kappa shape index (κ2) is 2.46. The quantitative estimate of drug-likeness (QED) is 0.458. The Morgan fingerprint density at radius 3 is 2.40 bits per heavy atom. The SMILES string of the molecule is CNS(=O)(=O)NC1CC1N. The Bertz CT molecular complexity index is 213. The van der Waals surface area contributed by atoms with Crippen LogP contribution in [0.2, 0.25) is 0 Å². The summed E-state index contributed by atoms with van der Waals surface area (Å²) >= 11 is 0. The topological polar surface area (TPSA) is 84.2 Å². The van der Waals surface area contributed by atoms with Crippen molar-refractivity contribution in [3.8, 4) is 0 Å². The average molecular weight is 165 g/mol. The van der Waals surface area contributed by atoms with Gasteiger partial charge in [0.2, 0.25) is 0 Å². The molecule has 2 unspecified atom stereocenters. The number of hydrogen-bond donors (Lipinski definition) is 3. The fourth-order valence-electron chi connectivity index (χ4n) is 0.608. The monoisotopic (exact) mass is 165 g/mol. The van der Waals surface area contributed by atoms with Gasteiger partial charge < -0.3 is 5.73 Å². The molecule has 1 aliphatic carbocycles. The predicted octanol–water partition coefficient (Wildman–Crippen LogP) is -1.86. The van der Waals surface area contributed by atoms with Crippen molar-refractivity contribution in [3.05, 3.63) is 0 Å². The van der Waals surface area contributed by atoms with E-state index in [9.17, 15) is 8.42 Å². The Hall–Kier alpha value is -0.170. The molecule has 0 heterocycles. The van der Waals surface area contributed by atoms with Gasteiger partial charge in [-0.25, -0.2) is 4.72 Å². The highest BCUT2D eigenvalue weighted by molar-refractivity contribution is 7.87. The van der Waals surface area contributed by atoms with Gasteiger partial charge in [-0.15, -0.1) is 0 Å². The lowest BCUT2D eigenvalue weighted by Crippen LogP contribution is -2.37. The van der Waals surface area contributed by atoms with E-state index in [0.29, 0.717) is 0 Å². The van der Waals surface area contributed by atoms with Crippen molar-refractivity contribution in [1.82, 2.24) is 9.44 Å². The first kappa shape index (κ1) is 7.93. The maximum absolute atomic E-state index is 10.7. The Kier molecular flexibility index (Phi) is 1.95. The summed E-state index contributed by atoms with van der Waals surface area (Å²) in [6, 6.07) is -0.0550. The van der Waals surface area contributed by atoms with E-state index in [1.54, 1.807) is 0 Å². The highest BCUT2D eigenvalue weighted by Gasteiger charge is 2.36. The number of nitrogens with one attached hydrogen (secondary N) is 2. The minimum Gasteiger partial charge on any atom is -0.326 e. The summed E-state index contributed by atoms with van der Waals surface area (Å²) in [6.45, 7) is 0. The standard InChI is InChI=1S/C4H11N3O2S/c1-6-10(8,9)7-4-2-3(4)5/h3-4,6-7H,2,5H2,1H3. The van der Waals surface area contributed by atoms with Crippen LogP contribution >= 0.6 is 0 Å². The molecule has 0 aromatic carbocycles. The minimum absolute atomic E-state index is 0.00289. The van der Waals surface area contributed by atoms with Gasteiger partial charge in [-0.1, -0.05) is 0 Å². The second-order valence-electron chi connectivity index (χ2n) is 2.33. The lowest BCUT2D eigenvalue weighted by atomic mass is 10.7. The molecular formula is C4H11N3O2S. The first-order valence-electron chi connectivity index (χ1n) is 3.01. The van der Waals surface area contributed by atoms with Gasteiger partial charge in [0.25, 0.3) is 10.2 Å². The van der Waals surface area contributed by atoms with Crippen LogP contribution < -0.4 is 15.2 Å². The van der Waals surface area contributed by atoms with Gasteiger partial charge in [0.05, 0.1) is 0 Å². The van der Waals surface area contributed by atoms with E-state index in [0.717, 1.165) is 6.42 Å². The summed E-state index contributed by atoms with van der Waals surface area (Å²) < 4.78 is 25.9. The Morgan fingerprint density at radius 2 is 2.10 bits per heavy atom. The van der Waals surface area contributed by atoms with Crippen molar-refractivity contribution < 1.29 is 8.42 Å². The van der Waals surface area contributed by atoms with E-state index >= 15 is 0 Å². The van der Waals surface area contributed by atoms with E-state index in [2.05, 4.69) is 9.44 Å². The highest BCUT2D eigenvalue weighted by Crippen LogP contribution is 2.17. The van der Waals surface area contributed by atoms with Gasteiger partial charge in [0.15, 0.2) is 0 Å². The van der Waals surface area contributed by atoms with Crippen LogP contribution in [-0.4, -0.2) is 27.5 Å². The molecule has 1 rings (SSSR count). The van der Waals surface area contributed by atoms with Crippen LogP contribution in [0.4, 0.5) is 0 Å². The van der Waals surface area contributed by atoms with Crippen molar-refractivity contribution >= 4 is 10.2 Å². The molecule has 0 aromatic rings. The molecule has 1 saturated carbocycles. The number of rotatable bonds is 3. The summed E-state index contributed by atoms with van der Waals surface area (Å²) in [5.41, 5.74) is 5.37. The predicted molar refractivity (Wildman–Crippen MR) is 37.5 cm³/mol. The Balaban J connectivity index is 2.39. The molecule has 2 atom stereocenters. The molecule has 0 amide bonds. The normalized spacial score (nSPS) is 32.2. The largest absolute Gasteiger partial charge is 0.326 e. The van der Waals surface area contributed by atoms with Crippen molar-refractivity contribution in [1.29, 1.82) is 0 Å². The Morgan fingerprint density at radius 1 is 1.60 bits per heavy atom. The zero-order chi connectivity index (χ0) is 7.78. The molecule has 0 spiro atoms. The lowest BCUT2D eigenvalue weighted by Gasteiger charge is -2.01. The summed E-state index contributed by atoms with van der Waals surface area (Å²) in [7, 11) is -1.91. The van der Waals surface area contributed by atoms with E-state index in [4.69, 9.17) is 5.73 Å². The van der Waals surface area contributed by atoms with Crippen molar-refractivity contribution in [3.63, 3.8) is 0 Å². The van der Waals surface area contributed by atoms with Gasteiger partial charge in [0.1, 0.15) is 0 Å². The summed E-state index contributed by atoms with van der Waals surface area (Å²) in [5.74, 6) is 0. The molecule has 4 N–H and O–H groups in total. The minimum atomic E-state index is -3.27. The molecule has 1 fully saturated rings. The molecule has 0 saturated heterocycles. The zero-order valence-electron chi connectivity index (χ0n) is 5.66. The van der Waals surface area contributed by atoms with Gasteiger partial charge in [0, 0.05) is 19.1 Å². The van der Waals surface area contributed by atoms with Gasteiger partial charge in [-0.05, 0) is 6.42 Å². The maximum atomic E-state index is 10.7. The zero-order valence-corrected chi connectivity index (χ0v) is 6.48. The second-order valence-corrected chi connectivity index (χ2v) is 3.98. The van der Waals surface area contributed by atoms with Crippen molar-refractivity contribution in [2.24, 2.45) is 5.73 Å². The lowest BCUT2D eigenvalue weighted by molar-refractivity contribution is 0.571. The molecule has 6 heteroatoms. The fourth-order valence-corrected chi connectivity index (χ4v) is 1.40. The van der Waals surface area contributed by atoms with Crippen LogP contribution in [-0.2, 0) is 10.2 Å². The third-order valence-electron chi connectivity index (χ3n) is 1.42. The van der Waals surface area contributed by atoms with Gasteiger partial charge in [-0.3, -0.25) is 0 Å². The summed E-state index contributed by atoms with van der Waals surface area (Å²) in [4.78, 5) is 0. The van der Waals surface area contributed by atoms with Crippen molar-refractivity contribution in [2.75, 3.05) is 7.05 Å². The third-order valence-corrected chi connectivity index (χ3v) is 2.57. The molecule has 0 radical (unpaired) electrons. The molecule has 10 heavy (non-hydrogen) atoms. The van der Waals surface area contributed by atoms with E-state index < -0.39 is 10.2 Å². The molecule has 0 aromatic heterocycles. The van der Waals surface area contributed by atoms with Crippen LogP contribution in [0, 0.1) is 0 Å². The Labute approximate surface area is 60.2 Å². The maximum Gasteiger partial charge on any atom is 0.276 e. The van der Waals surface area contributed by atoms with Crippen molar-refractivity contribution in [2.45, 2.75) is 18.5 Å². The third kappa shape index (κ3) is 1.91. The van der Waals surface area contributed by atoms with E-state index in [1.165, 1.54) is 7.05 Å². The van der Waals surface area contributed by atoms with Crippen LogP contribution in [0.15, 0.2) is 0 Å². The van der Waals surface area contributed by atoms with Crippen LogP contribution in [0.25, 0.3) is 0 Å².